The highest BCUT2D eigenvalue weighted by Gasteiger charge is 2.19. The molecule has 6 nitrogen and oxygen atoms in total. The topological polar surface area (TPSA) is 78.9 Å². The number of rotatable bonds is 7. The molecule has 0 bridgehead atoms. The number of amides is 2. The minimum Gasteiger partial charge on any atom is -0.480 e. The second-order valence-electron chi connectivity index (χ2n) is 5.48. The lowest BCUT2D eigenvalue weighted by Gasteiger charge is -2.26. The van der Waals surface area contributed by atoms with Crippen LogP contribution in [0.1, 0.15) is 46.0 Å². The summed E-state index contributed by atoms with van der Waals surface area (Å²) in [7, 11) is 0. The lowest BCUT2D eigenvalue weighted by molar-refractivity contribution is -0.138. The summed E-state index contributed by atoms with van der Waals surface area (Å²) in [5.41, 5.74) is 0. The number of carbonyl (C=O) groups is 2. The summed E-state index contributed by atoms with van der Waals surface area (Å²) in [4.78, 5) is 23.9. The maximum atomic E-state index is 11.9. The molecule has 20 heavy (non-hydrogen) atoms. The molecule has 1 aliphatic rings. The van der Waals surface area contributed by atoms with E-state index in [4.69, 9.17) is 9.84 Å². The Hall–Kier alpha value is -1.30. The molecule has 0 saturated heterocycles. The Labute approximate surface area is 120 Å². The Bertz CT molecular complexity index is 314. The smallest absolute Gasteiger partial charge is 0.323 e. The van der Waals surface area contributed by atoms with Crippen molar-refractivity contribution in [3.63, 3.8) is 0 Å². The first-order valence-corrected chi connectivity index (χ1v) is 7.38. The van der Waals surface area contributed by atoms with Crippen molar-refractivity contribution in [1.82, 2.24) is 10.2 Å². The molecular formula is C14H26N2O4. The van der Waals surface area contributed by atoms with E-state index < -0.39 is 5.97 Å². The molecule has 1 fully saturated rings. The van der Waals surface area contributed by atoms with Crippen molar-refractivity contribution in [2.75, 3.05) is 19.7 Å². The van der Waals surface area contributed by atoms with E-state index in [9.17, 15) is 9.59 Å². The Morgan fingerprint density at radius 3 is 2.50 bits per heavy atom. The van der Waals surface area contributed by atoms with Crippen LogP contribution in [0.2, 0.25) is 0 Å². The van der Waals surface area contributed by atoms with Crippen LogP contribution in [0.25, 0.3) is 0 Å². The van der Waals surface area contributed by atoms with Gasteiger partial charge in [0.15, 0.2) is 0 Å². The molecule has 1 saturated carbocycles. The van der Waals surface area contributed by atoms with Gasteiger partial charge in [0, 0.05) is 12.6 Å². The summed E-state index contributed by atoms with van der Waals surface area (Å²) in [6.07, 6.45) is 6.25. The van der Waals surface area contributed by atoms with Crippen molar-refractivity contribution in [1.29, 1.82) is 0 Å². The maximum Gasteiger partial charge on any atom is 0.323 e. The van der Waals surface area contributed by atoms with Crippen molar-refractivity contribution in [2.24, 2.45) is 0 Å². The van der Waals surface area contributed by atoms with Gasteiger partial charge < -0.3 is 20.1 Å². The molecule has 1 aliphatic carbocycles. The van der Waals surface area contributed by atoms with Crippen LogP contribution in [0.5, 0.6) is 0 Å². The Morgan fingerprint density at radius 2 is 1.95 bits per heavy atom. The molecule has 2 N–H and O–H groups in total. The van der Waals surface area contributed by atoms with E-state index >= 15 is 0 Å². The van der Waals surface area contributed by atoms with Crippen LogP contribution in [-0.2, 0) is 9.53 Å². The number of carbonyl (C=O) groups excluding carboxylic acids is 1. The fourth-order valence-electron chi connectivity index (χ4n) is 2.35. The molecule has 0 atom stereocenters. The standard InChI is InChI=1S/C14H26N2O4/c1-11(2)16(10-13(17)18)14(19)15-8-9-20-12-6-4-3-5-7-12/h11-12H,3-10H2,1-2H3,(H,15,19)(H,17,18). The predicted octanol–water partition coefficient (Wildman–Crippen LogP) is 1.84. The summed E-state index contributed by atoms with van der Waals surface area (Å²) in [5.74, 6) is -1.01. The van der Waals surface area contributed by atoms with E-state index in [1.807, 2.05) is 0 Å². The minimum absolute atomic E-state index is 0.148. The second-order valence-corrected chi connectivity index (χ2v) is 5.48. The summed E-state index contributed by atoms with van der Waals surface area (Å²) in [6.45, 7) is 4.20. The minimum atomic E-state index is -1.01. The molecule has 1 rings (SSSR count). The van der Waals surface area contributed by atoms with Gasteiger partial charge in [-0.05, 0) is 26.7 Å². The number of carboxylic acid groups (broad SMARTS) is 1. The molecule has 0 aromatic carbocycles. The van der Waals surface area contributed by atoms with Crippen LogP contribution in [-0.4, -0.2) is 53.8 Å². The van der Waals surface area contributed by atoms with Crippen LogP contribution in [0, 0.1) is 0 Å². The van der Waals surface area contributed by atoms with Gasteiger partial charge in [0.25, 0.3) is 0 Å². The Balaban J connectivity index is 2.21. The first-order valence-electron chi connectivity index (χ1n) is 7.38. The summed E-state index contributed by atoms with van der Waals surface area (Å²) < 4.78 is 5.71. The molecule has 116 valence electrons. The number of nitrogens with one attached hydrogen (secondary N) is 1. The number of hydrogen-bond acceptors (Lipinski definition) is 3. The van der Waals surface area contributed by atoms with Crippen LogP contribution in [0.3, 0.4) is 0 Å². The van der Waals surface area contributed by atoms with Crippen LogP contribution < -0.4 is 5.32 Å². The van der Waals surface area contributed by atoms with Crippen molar-refractivity contribution in [3.8, 4) is 0 Å². The van der Waals surface area contributed by atoms with E-state index in [0.29, 0.717) is 19.3 Å². The number of ether oxygens (including phenoxy) is 1. The molecule has 0 unspecified atom stereocenters. The van der Waals surface area contributed by atoms with Gasteiger partial charge in [0.1, 0.15) is 6.54 Å². The largest absolute Gasteiger partial charge is 0.480 e. The lowest BCUT2D eigenvalue weighted by atomic mass is 9.98. The summed E-state index contributed by atoms with van der Waals surface area (Å²) in [6, 6.07) is -0.500. The summed E-state index contributed by atoms with van der Waals surface area (Å²) >= 11 is 0. The number of nitrogens with zero attached hydrogens (tertiary/aromatic N) is 1. The average molecular weight is 286 g/mol. The van der Waals surface area contributed by atoms with E-state index in [-0.39, 0.29) is 18.6 Å². The number of hydrogen-bond donors (Lipinski definition) is 2. The zero-order chi connectivity index (χ0) is 15.0. The molecule has 0 aromatic heterocycles. The molecule has 0 radical (unpaired) electrons. The highest BCUT2D eigenvalue weighted by molar-refractivity contribution is 5.80. The Kier molecular flexibility index (Phi) is 7.36. The van der Waals surface area contributed by atoms with E-state index in [1.54, 1.807) is 13.8 Å². The fourth-order valence-corrected chi connectivity index (χ4v) is 2.35. The van der Waals surface area contributed by atoms with Gasteiger partial charge in [-0.3, -0.25) is 4.79 Å². The fraction of sp³-hybridized carbons (Fsp3) is 0.857. The molecule has 0 aromatic rings. The monoisotopic (exact) mass is 286 g/mol. The quantitative estimate of drug-likeness (QED) is 0.700. The van der Waals surface area contributed by atoms with Crippen molar-refractivity contribution in [2.45, 2.75) is 58.1 Å². The maximum absolute atomic E-state index is 11.9. The van der Waals surface area contributed by atoms with Gasteiger partial charge in [0.2, 0.25) is 0 Å². The third kappa shape index (κ3) is 6.23. The molecule has 2 amide bonds. The molecule has 0 heterocycles. The van der Waals surface area contributed by atoms with Crippen LogP contribution in [0.15, 0.2) is 0 Å². The van der Waals surface area contributed by atoms with Crippen LogP contribution >= 0.6 is 0 Å². The highest BCUT2D eigenvalue weighted by Crippen LogP contribution is 2.19. The SMILES string of the molecule is CC(C)N(CC(=O)O)C(=O)NCCOC1CCCCC1. The van der Waals surface area contributed by atoms with E-state index in [2.05, 4.69) is 5.32 Å². The van der Waals surface area contributed by atoms with Gasteiger partial charge in [-0.2, -0.15) is 0 Å². The van der Waals surface area contributed by atoms with Gasteiger partial charge in [0.05, 0.1) is 12.7 Å². The van der Waals surface area contributed by atoms with Crippen molar-refractivity contribution < 1.29 is 19.4 Å². The van der Waals surface area contributed by atoms with Gasteiger partial charge in [-0.1, -0.05) is 19.3 Å². The average Bonchev–Trinajstić information content (AvgIpc) is 2.41. The van der Waals surface area contributed by atoms with Gasteiger partial charge in [-0.15, -0.1) is 0 Å². The Morgan fingerprint density at radius 1 is 1.30 bits per heavy atom. The number of urea groups is 1. The molecule has 0 spiro atoms. The van der Waals surface area contributed by atoms with E-state index in [1.165, 1.54) is 24.2 Å². The zero-order valence-corrected chi connectivity index (χ0v) is 12.4. The summed E-state index contributed by atoms with van der Waals surface area (Å²) in [5, 5.41) is 11.5. The molecule has 6 heteroatoms. The van der Waals surface area contributed by atoms with Gasteiger partial charge in [-0.25, -0.2) is 4.79 Å². The van der Waals surface area contributed by atoms with Crippen molar-refractivity contribution >= 4 is 12.0 Å². The van der Waals surface area contributed by atoms with E-state index in [0.717, 1.165) is 12.8 Å². The highest BCUT2D eigenvalue weighted by atomic mass is 16.5. The second kappa shape index (κ2) is 8.79. The van der Waals surface area contributed by atoms with Crippen molar-refractivity contribution in [3.05, 3.63) is 0 Å². The zero-order valence-electron chi connectivity index (χ0n) is 12.4. The first kappa shape index (κ1) is 16.8. The van der Waals surface area contributed by atoms with Gasteiger partial charge >= 0.3 is 12.0 Å². The van der Waals surface area contributed by atoms with Crippen LogP contribution in [0.4, 0.5) is 4.79 Å². The number of carboxylic acids is 1. The lowest BCUT2D eigenvalue weighted by Crippen LogP contribution is -2.47. The molecular weight excluding hydrogens is 260 g/mol. The third-order valence-electron chi connectivity index (χ3n) is 3.47. The normalized spacial score (nSPS) is 16.1. The number of aliphatic carboxylic acids is 1. The third-order valence-corrected chi connectivity index (χ3v) is 3.47. The first-order chi connectivity index (χ1) is 9.50. The molecule has 0 aliphatic heterocycles. The predicted molar refractivity (Wildman–Crippen MR) is 75.7 cm³/mol.